The molecule has 86 valence electrons. The van der Waals surface area contributed by atoms with Gasteiger partial charge in [0.25, 0.3) is 0 Å². The van der Waals surface area contributed by atoms with Gasteiger partial charge in [0, 0.05) is 12.2 Å². The molecular weight excluding hydrogens is 206 g/mol. The van der Waals surface area contributed by atoms with Crippen molar-refractivity contribution in [1.29, 1.82) is 0 Å². The summed E-state index contributed by atoms with van der Waals surface area (Å²) >= 11 is 0. The van der Waals surface area contributed by atoms with Gasteiger partial charge < -0.3 is 4.90 Å². The van der Waals surface area contributed by atoms with Gasteiger partial charge in [0.05, 0.1) is 6.04 Å². The van der Waals surface area contributed by atoms with Crippen molar-refractivity contribution in [2.45, 2.75) is 19.4 Å². The van der Waals surface area contributed by atoms with Crippen LogP contribution in [-0.4, -0.2) is 6.54 Å². The lowest BCUT2D eigenvalue weighted by atomic mass is 10.0. The highest BCUT2D eigenvalue weighted by molar-refractivity contribution is 5.60. The summed E-state index contributed by atoms with van der Waals surface area (Å²) in [6.07, 6.45) is 1.13. The van der Waals surface area contributed by atoms with Crippen molar-refractivity contribution < 1.29 is 0 Å². The molecule has 0 saturated heterocycles. The molecule has 1 unspecified atom stereocenters. The van der Waals surface area contributed by atoms with Crippen molar-refractivity contribution in [3.63, 3.8) is 0 Å². The van der Waals surface area contributed by atoms with E-state index in [2.05, 4.69) is 66.4 Å². The molecule has 0 amide bonds. The first kappa shape index (κ1) is 10.4. The summed E-state index contributed by atoms with van der Waals surface area (Å²) in [6, 6.07) is 20.1. The first-order valence-electron chi connectivity index (χ1n) is 6.29. The van der Waals surface area contributed by atoms with Crippen LogP contribution in [0.15, 0.2) is 54.6 Å². The molecule has 1 aliphatic rings. The van der Waals surface area contributed by atoms with E-state index in [0.29, 0.717) is 6.04 Å². The van der Waals surface area contributed by atoms with E-state index in [4.69, 9.17) is 0 Å². The van der Waals surface area contributed by atoms with Gasteiger partial charge in [0.1, 0.15) is 0 Å². The van der Waals surface area contributed by atoms with Gasteiger partial charge >= 0.3 is 0 Å². The van der Waals surface area contributed by atoms with Crippen LogP contribution >= 0.6 is 0 Å². The number of rotatable bonds is 2. The molecule has 1 heterocycles. The maximum Gasteiger partial charge on any atom is 0.0583 e. The van der Waals surface area contributed by atoms with Crippen molar-refractivity contribution in [1.82, 2.24) is 0 Å². The van der Waals surface area contributed by atoms with Crippen LogP contribution in [0.1, 0.15) is 24.1 Å². The fourth-order valence-corrected chi connectivity index (χ4v) is 2.81. The zero-order valence-electron chi connectivity index (χ0n) is 10.1. The molecule has 1 aliphatic heterocycles. The Morgan fingerprint density at radius 3 is 2.47 bits per heavy atom. The Hall–Kier alpha value is -1.76. The molecule has 2 aromatic rings. The van der Waals surface area contributed by atoms with Gasteiger partial charge in [-0.05, 0) is 30.5 Å². The fourth-order valence-electron chi connectivity index (χ4n) is 2.81. The maximum atomic E-state index is 2.50. The van der Waals surface area contributed by atoms with Gasteiger partial charge in [-0.1, -0.05) is 48.5 Å². The monoisotopic (exact) mass is 223 g/mol. The molecule has 1 nitrogen and oxygen atoms in total. The highest BCUT2D eigenvalue weighted by Crippen LogP contribution is 2.39. The Kier molecular flexibility index (Phi) is 2.60. The van der Waals surface area contributed by atoms with E-state index in [0.717, 1.165) is 13.0 Å². The lowest BCUT2D eigenvalue weighted by molar-refractivity contribution is 0.676. The SMILES string of the molecule is CCN1c2ccccc2CC1c1ccccc1. The van der Waals surface area contributed by atoms with E-state index in [1.807, 2.05) is 0 Å². The summed E-state index contributed by atoms with van der Waals surface area (Å²) in [7, 11) is 0. The van der Waals surface area contributed by atoms with Crippen LogP contribution in [0.4, 0.5) is 5.69 Å². The molecule has 0 aromatic heterocycles. The standard InChI is InChI=1S/C16H17N/c1-2-17-15-11-7-6-10-14(15)12-16(17)13-8-4-3-5-9-13/h3-11,16H,2,12H2,1H3. The molecule has 1 heteroatoms. The molecule has 0 bridgehead atoms. The minimum atomic E-state index is 0.513. The molecule has 17 heavy (non-hydrogen) atoms. The number of nitrogens with zero attached hydrogens (tertiary/aromatic N) is 1. The number of benzene rings is 2. The number of anilines is 1. The first-order chi connectivity index (χ1) is 8.40. The van der Waals surface area contributed by atoms with Gasteiger partial charge in [-0.25, -0.2) is 0 Å². The summed E-state index contributed by atoms with van der Waals surface area (Å²) in [4.78, 5) is 2.50. The fraction of sp³-hybridized carbons (Fsp3) is 0.250. The summed E-state index contributed by atoms with van der Waals surface area (Å²) in [5, 5.41) is 0. The van der Waals surface area contributed by atoms with Gasteiger partial charge in [-0.2, -0.15) is 0 Å². The molecule has 0 fully saturated rings. The van der Waals surface area contributed by atoms with Crippen molar-refractivity contribution in [3.05, 3.63) is 65.7 Å². The Bertz CT molecular complexity index is 504. The van der Waals surface area contributed by atoms with E-state index in [1.165, 1.54) is 16.8 Å². The van der Waals surface area contributed by atoms with Gasteiger partial charge in [0.15, 0.2) is 0 Å². The molecule has 2 aromatic carbocycles. The summed E-state index contributed by atoms with van der Waals surface area (Å²) in [5.41, 5.74) is 4.30. The van der Waals surface area contributed by atoms with Gasteiger partial charge in [-0.15, -0.1) is 0 Å². The van der Waals surface area contributed by atoms with Crippen LogP contribution in [0.2, 0.25) is 0 Å². The number of fused-ring (bicyclic) bond motifs is 1. The smallest absolute Gasteiger partial charge is 0.0583 e. The van der Waals surface area contributed by atoms with Crippen molar-refractivity contribution >= 4 is 5.69 Å². The van der Waals surface area contributed by atoms with Crippen molar-refractivity contribution in [2.24, 2.45) is 0 Å². The number of hydrogen-bond acceptors (Lipinski definition) is 1. The predicted molar refractivity (Wildman–Crippen MR) is 72.3 cm³/mol. The third-order valence-electron chi connectivity index (χ3n) is 3.62. The lowest BCUT2D eigenvalue weighted by Crippen LogP contribution is -2.24. The summed E-state index contributed by atoms with van der Waals surface area (Å²) < 4.78 is 0. The van der Waals surface area contributed by atoms with Crippen LogP contribution in [0, 0.1) is 0 Å². The Labute approximate surface area is 103 Å². The quantitative estimate of drug-likeness (QED) is 0.748. The molecule has 0 spiro atoms. The predicted octanol–water partition coefficient (Wildman–Crippen LogP) is 3.81. The number of para-hydroxylation sites is 1. The van der Waals surface area contributed by atoms with Crippen LogP contribution < -0.4 is 4.90 Å². The minimum Gasteiger partial charge on any atom is -0.364 e. The lowest BCUT2D eigenvalue weighted by Gasteiger charge is -2.26. The molecule has 0 aliphatic carbocycles. The topological polar surface area (TPSA) is 3.24 Å². The highest BCUT2D eigenvalue weighted by atomic mass is 15.2. The van der Waals surface area contributed by atoms with Crippen LogP contribution in [0.25, 0.3) is 0 Å². The largest absolute Gasteiger partial charge is 0.364 e. The second-order valence-corrected chi connectivity index (χ2v) is 4.55. The van der Waals surface area contributed by atoms with E-state index in [-0.39, 0.29) is 0 Å². The van der Waals surface area contributed by atoms with Crippen LogP contribution in [-0.2, 0) is 6.42 Å². The van der Waals surface area contributed by atoms with E-state index >= 15 is 0 Å². The molecule has 0 radical (unpaired) electrons. The van der Waals surface area contributed by atoms with Crippen LogP contribution in [0.3, 0.4) is 0 Å². The minimum absolute atomic E-state index is 0.513. The molecular formula is C16H17N. The third-order valence-corrected chi connectivity index (χ3v) is 3.62. The maximum absolute atomic E-state index is 2.50. The third kappa shape index (κ3) is 1.72. The molecule has 0 N–H and O–H groups in total. The second kappa shape index (κ2) is 4.25. The molecule has 1 atom stereocenters. The van der Waals surface area contributed by atoms with Crippen molar-refractivity contribution in [3.8, 4) is 0 Å². The first-order valence-corrected chi connectivity index (χ1v) is 6.29. The highest BCUT2D eigenvalue weighted by Gasteiger charge is 2.28. The van der Waals surface area contributed by atoms with Gasteiger partial charge in [0.2, 0.25) is 0 Å². The number of hydrogen-bond donors (Lipinski definition) is 0. The van der Waals surface area contributed by atoms with E-state index < -0.39 is 0 Å². The normalized spacial score (nSPS) is 18.2. The Morgan fingerprint density at radius 2 is 1.71 bits per heavy atom. The van der Waals surface area contributed by atoms with E-state index in [1.54, 1.807) is 0 Å². The van der Waals surface area contributed by atoms with Crippen molar-refractivity contribution in [2.75, 3.05) is 11.4 Å². The molecule has 3 rings (SSSR count). The summed E-state index contributed by atoms with van der Waals surface area (Å²) in [6.45, 7) is 3.30. The second-order valence-electron chi connectivity index (χ2n) is 4.55. The van der Waals surface area contributed by atoms with Gasteiger partial charge in [-0.3, -0.25) is 0 Å². The zero-order chi connectivity index (χ0) is 11.7. The Balaban J connectivity index is 2.00. The molecule has 0 saturated carbocycles. The summed E-state index contributed by atoms with van der Waals surface area (Å²) in [5.74, 6) is 0. The zero-order valence-corrected chi connectivity index (χ0v) is 10.1. The average Bonchev–Trinajstić information content (AvgIpc) is 2.78. The Morgan fingerprint density at radius 1 is 1.00 bits per heavy atom. The van der Waals surface area contributed by atoms with Crippen LogP contribution in [0.5, 0.6) is 0 Å². The average molecular weight is 223 g/mol. The van der Waals surface area contributed by atoms with E-state index in [9.17, 15) is 0 Å². The number of likely N-dealkylation sites (N-methyl/N-ethyl adjacent to an activating group) is 1.